The third-order valence-corrected chi connectivity index (χ3v) is 5.94. The molecule has 0 saturated heterocycles. The number of likely N-dealkylation sites (N-methyl/N-ethyl adjacent to an activating group) is 2. The predicted molar refractivity (Wildman–Crippen MR) is 122 cm³/mol. The smallest absolute Gasteiger partial charge is 0.312 e. The lowest BCUT2D eigenvalue weighted by Crippen LogP contribution is -2.45. The van der Waals surface area contributed by atoms with Gasteiger partial charge in [-0.25, -0.2) is 9.37 Å². The largest absolute Gasteiger partial charge is 0.501 e. The van der Waals surface area contributed by atoms with Gasteiger partial charge in [0.1, 0.15) is 12.0 Å². The van der Waals surface area contributed by atoms with Crippen LogP contribution in [0.25, 0.3) is 0 Å². The molecular formula is C23H30FN5O5. The van der Waals surface area contributed by atoms with Crippen LogP contribution >= 0.6 is 0 Å². The van der Waals surface area contributed by atoms with Crippen molar-refractivity contribution in [2.75, 3.05) is 27.2 Å². The van der Waals surface area contributed by atoms with Crippen LogP contribution in [0.2, 0.25) is 0 Å². The van der Waals surface area contributed by atoms with E-state index in [1.54, 1.807) is 19.1 Å². The Balaban J connectivity index is 1.95. The number of rotatable bonds is 5. The molecule has 184 valence electrons. The number of aromatic hydroxyl groups is 1. The summed E-state index contributed by atoms with van der Waals surface area (Å²) in [6.07, 6.45) is 5.48. The number of carbonyl (C=O) groups excluding carboxylic acids is 3. The van der Waals surface area contributed by atoms with Crippen molar-refractivity contribution in [3.8, 4) is 5.75 Å². The molecule has 2 unspecified atom stereocenters. The molecular weight excluding hydrogens is 445 g/mol. The van der Waals surface area contributed by atoms with Crippen molar-refractivity contribution < 1.29 is 23.9 Å². The fourth-order valence-corrected chi connectivity index (χ4v) is 4.08. The van der Waals surface area contributed by atoms with Crippen LogP contribution < -0.4 is 10.9 Å². The van der Waals surface area contributed by atoms with Crippen LogP contribution in [-0.4, -0.2) is 75.5 Å². The number of aromatic nitrogens is 2. The van der Waals surface area contributed by atoms with E-state index in [1.165, 1.54) is 34.5 Å². The molecule has 11 heteroatoms. The highest BCUT2D eigenvalue weighted by Gasteiger charge is 2.35. The molecule has 0 fully saturated rings. The van der Waals surface area contributed by atoms with Gasteiger partial charge >= 0.3 is 11.8 Å². The van der Waals surface area contributed by atoms with Crippen LogP contribution in [0.5, 0.6) is 5.75 Å². The van der Waals surface area contributed by atoms with E-state index in [-0.39, 0.29) is 31.9 Å². The van der Waals surface area contributed by atoms with E-state index in [0.717, 1.165) is 0 Å². The number of hydrogen-bond donors (Lipinski definition) is 2. The number of carbonyl (C=O) groups is 3. The first-order valence-electron chi connectivity index (χ1n) is 11.3. The summed E-state index contributed by atoms with van der Waals surface area (Å²) in [5.41, 5.74) is -0.535. The third kappa shape index (κ3) is 5.18. The van der Waals surface area contributed by atoms with Crippen molar-refractivity contribution in [3.63, 3.8) is 0 Å². The van der Waals surface area contributed by atoms with Crippen molar-refractivity contribution in [2.24, 2.45) is 0 Å². The van der Waals surface area contributed by atoms with E-state index in [0.29, 0.717) is 24.8 Å². The van der Waals surface area contributed by atoms with E-state index in [4.69, 9.17) is 0 Å². The summed E-state index contributed by atoms with van der Waals surface area (Å²) in [6.45, 7) is 2.25. The van der Waals surface area contributed by atoms with Crippen molar-refractivity contribution in [2.45, 2.75) is 51.4 Å². The lowest BCUT2D eigenvalue weighted by Gasteiger charge is -2.31. The first-order chi connectivity index (χ1) is 16.1. The van der Waals surface area contributed by atoms with Crippen molar-refractivity contribution in [3.05, 3.63) is 45.7 Å². The first kappa shape index (κ1) is 25.1. The average molecular weight is 476 g/mol. The number of alkyl halides is 1. The zero-order valence-corrected chi connectivity index (χ0v) is 19.6. The zero-order chi connectivity index (χ0) is 25.0. The lowest BCUT2D eigenvalue weighted by molar-refractivity contribution is -0.152. The Labute approximate surface area is 196 Å². The number of amides is 3. The van der Waals surface area contributed by atoms with E-state index in [1.807, 2.05) is 0 Å². The second-order valence-electron chi connectivity index (χ2n) is 8.50. The second kappa shape index (κ2) is 10.6. The van der Waals surface area contributed by atoms with Gasteiger partial charge in [0.05, 0.1) is 6.04 Å². The van der Waals surface area contributed by atoms with E-state index in [2.05, 4.69) is 10.3 Å². The van der Waals surface area contributed by atoms with Gasteiger partial charge in [-0.15, -0.1) is 0 Å². The summed E-state index contributed by atoms with van der Waals surface area (Å²) in [5, 5.41) is 13.1. The van der Waals surface area contributed by atoms with E-state index < -0.39 is 46.9 Å². The van der Waals surface area contributed by atoms with Crippen LogP contribution in [0, 0.1) is 0 Å². The minimum Gasteiger partial charge on any atom is -0.501 e. The quantitative estimate of drug-likeness (QED) is 0.614. The maximum atomic E-state index is 13.2. The van der Waals surface area contributed by atoms with Gasteiger partial charge in [0, 0.05) is 40.2 Å². The monoisotopic (exact) mass is 475 g/mol. The van der Waals surface area contributed by atoms with Crippen LogP contribution in [0.4, 0.5) is 4.39 Å². The number of allylic oxidation sites excluding steroid dienone is 2. The molecule has 0 spiro atoms. The highest BCUT2D eigenvalue weighted by molar-refractivity contribution is 6.34. The molecule has 1 aliphatic carbocycles. The van der Waals surface area contributed by atoms with Crippen molar-refractivity contribution >= 4 is 17.7 Å². The van der Waals surface area contributed by atoms with Gasteiger partial charge in [-0.1, -0.05) is 18.2 Å². The molecule has 3 amide bonds. The average Bonchev–Trinajstić information content (AvgIpc) is 3.03. The molecule has 0 bridgehead atoms. The standard InChI is InChI=1S/C23H30FN5O5/c1-4-28(23(34)22(33)27(2)3)16-7-5-6-12-29-19(16)26-17(18(30)21(29)32)20(31)25-13-14-8-10-15(24)11-9-14/h8-10,15-16,30H,4-7,11-13H2,1-3H3,(H,25,31). The molecule has 2 N–H and O–H groups in total. The Morgan fingerprint density at radius 1 is 1.26 bits per heavy atom. The van der Waals surface area contributed by atoms with Gasteiger partial charge in [0.25, 0.3) is 11.5 Å². The maximum Gasteiger partial charge on any atom is 0.312 e. The number of hydrogen-bond acceptors (Lipinski definition) is 6. The third-order valence-electron chi connectivity index (χ3n) is 5.94. The molecule has 0 saturated carbocycles. The van der Waals surface area contributed by atoms with Gasteiger partial charge in [0.2, 0.25) is 5.75 Å². The Morgan fingerprint density at radius 2 is 2.00 bits per heavy atom. The molecule has 34 heavy (non-hydrogen) atoms. The molecule has 2 atom stereocenters. The summed E-state index contributed by atoms with van der Waals surface area (Å²) >= 11 is 0. The van der Waals surface area contributed by atoms with Crippen LogP contribution in [0.15, 0.2) is 28.6 Å². The summed E-state index contributed by atoms with van der Waals surface area (Å²) in [6, 6.07) is -0.714. The van der Waals surface area contributed by atoms with E-state index in [9.17, 15) is 28.7 Å². The first-order valence-corrected chi connectivity index (χ1v) is 11.3. The van der Waals surface area contributed by atoms with Crippen molar-refractivity contribution in [1.29, 1.82) is 0 Å². The molecule has 1 aromatic heterocycles. The summed E-state index contributed by atoms with van der Waals surface area (Å²) in [7, 11) is 2.95. The lowest BCUT2D eigenvalue weighted by atomic mass is 10.1. The highest BCUT2D eigenvalue weighted by atomic mass is 19.1. The molecule has 3 rings (SSSR count). The number of fused-ring (bicyclic) bond motifs is 1. The van der Waals surface area contributed by atoms with Gasteiger partial charge in [-0.05, 0) is 31.8 Å². The molecule has 2 heterocycles. The number of halogens is 1. The number of nitrogens with one attached hydrogen (secondary N) is 1. The molecule has 1 aliphatic heterocycles. The summed E-state index contributed by atoms with van der Waals surface area (Å²) in [5.74, 6) is -2.83. The van der Waals surface area contributed by atoms with Gasteiger partial charge < -0.3 is 20.2 Å². The zero-order valence-electron chi connectivity index (χ0n) is 19.6. The predicted octanol–water partition coefficient (Wildman–Crippen LogP) is 1.06. The maximum absolute atomic E-state index is 13.2. The van der Waals surface area contributed by atoms with Crippen LogP contribution in [-0.2, 0) is 16.1 Å². The molecule has 1 aromatic rings. The highest BCUT2D eigenvalue weighted by Crippen LogP contribution is 2.29. The fraction of sp³-hybridized carbons (Fsp3) is 0.522. The summed E-state index contributed by atoms with van der Waals surface area (Å²) < 4.78 is 14.5. The minimum atomic E-state index is -1.06. The number of nitrogens with zero attached hydrogens (tertiary/aromatic N) is 4. The topological polar surface area (TPSA) is 125 Å². The van der Waals surface area contributed by atoms with Crippen molar-refractivity contribution in [1.82, 2.24) is 24.7 Å². The van der Waals surface area contributed by atoms with Gasteiger partial charge in [-0.2, -0.15) is 0 Å². The summed E-state index contributed by atoms with van der Waals surface area (Å²) in [4.78, 5) is 57.8. The molecule has 2 aliphatic rings. The molecule has 10 nitrogen and oxygen atoms in total. The minimum absolute atomic E-state index is 0.0714. The fourth-order valence-electron chi connectivity index (χ4n) is 4.08. The Bertz CT molecular complexity index is 1090. The van der Waals surface area contributed by atoms with Gasteiger partial charge in [-0.3, -0.25) is 23.7 Å². The Morgan fingerprint density at radius 3 is 2.62 bits per heavy atom. The van der Waals surface area contributed by atoms with Crippen LogP contribution in [0.1, 0.15) is 55.0 Å². The van der Waals surface area contributed by atoms with Gasteiger partial charge in [0.15, 0.2) is 5.69 Å². The van der Waals surface area contributed by atoms with Crippen LogP contribution in [0.3, 0.4) is 0 Å². The Kier molecular flexibility index (Phi) is 7.85. The van der Waals surface area contributed by atoms with E-state index >= 15 is 0 Å². The normalized spacial score (nSPS) is 19.5. The molecule has 0 aromatic carbocycles. The SMILES string of the molecule is CCN(C(=O)C(=O)N(C)C)C1CCCCn2c1nc(C(=O)NCC1=CCC(F)C=C1)c(O)c2=O. The molecule has 0 radical (unpaired) electrons. The Hall–Kier alpha value is -3.50. The second-order valence-corrected chi connectivity index (χ2v) is 8.50.